The maximum absolute atomic E-state index is 8.93. The monoisotopic (exact) mass is 204 g/mol. The van der Waals surface area contributed by atoms with E-state index in [1.165, 1.54) is 12.2 Å². The van der Waals surface area contributed by atoms with E-state index in [0.29, 0.717) is 12.8 Å². The molecule has 4 heteroatoms. The summed E-state index contributed by atoms with van der Waals surface area (Å²) in [5.74, 6) is -1.32. The van der Waals surface area contributed by atoms with Crippen molar-refractivity contribution in [2.75, 3.05) is 13.2 Å². The standard InChI is InChI=1S/C6H12O2.C4H8O2/c7-6(8)4-2-1-3-5-6;5-3-1-2-4-6/h7-8H,1-5H2;1-2,5-6H,3-4H2. The van der Waals surface area contributed by atoms with Crippen LogP contribution < -0.4 is 0 Å². The Hall–Kier alpha value is -0.420. The van der Waals surface area contributed by atoms with E-state index in [1.54, 1.807) is 0 Å². The lowest BCUT2D eigenvalue weighted by Crippen LogP contribution is -2.30. The minimum atomic E-state index is -1.32. The Morgan fingerprint density at radius 1 is 0.857 bits per heavy atom. The summed E-state index contributed by atoms with van der Waals surface area (Å²) in [6.07, 6.45) is 7.18. The fourth-order valence-corrected chi connectivity index (χ4v) is 1.27. The summed E-state index contributed by atoms with van der Waals surface area (Å²) >= 11 is 0. The first-order valence-electron chi connectivity index (χ1n) is 4.94. The summed E-state index contributed by atoms with van der Waals surface area (Å²) in [5.41, 5.74) is 0. The van der Waals surface area contributed by atoms with Gasteiger partial charge in [0.05, 0.1) is 13.2 Å². The van der Waals surface area contributed by atoms with Crippen molar-refractivity contribution in [1.29, 1.82) is 0 Å². The molecule has 0 aromatic carbocycles. The Morgan fingerprint density at radius 3 is 1.50 bits per heavy atom. The molecule has 84 valence electrons. The lowest BCUT2D eigenvalue weighted by molar-refractivity contribution is -0.180. The molecule has 4 N–H and O–H groups in total. The van der Waals surface area contributed by atoms with Gasteiger partial charge in [0.25, 0.3) is 0 Å². The first kappa shape index (κ1) is 13.6. The molecule has 0 atom stereocenters. The molecule has 0 bridgehead atoms. The van der Waals surface area contributed by atoms with E-state index in [4.69, 9.17) is 20.4 Å². The average molecular weight is 204 g/mol. The van der Waals surface area contributed by atoms with E-state index < -0.39 is 5.79 Å². The summed E-state index contributed by atoms with van der Waals surface area (Å²) in [4.78, 5) is 0. The Bertz CT molecular complexity index is 140. The summed E-state index contributed by atoms with van der Waals surface area (Å²) in [7, 11) is 0. The van der Waals surface area contributed by atoms with Crippen molar-refractivity contribution < 1.29 is 20.4 Å². The molecule has 0 saturated heterocycles. The van der Waals surface area contributed by atoms with Gasteiger partial charge in [-0.3, -0.25) is 0 Å². The van der Waals surface area contributed by atoms with Gasteiger partial charge in [0.2, 0.25) is 0 Å². The van der Waals surface area contributed by atoms with Crippen molar-refractivity contribution in [3.8, 4) is 0 Å². The Morgan fingerprint density at radius 2 is 1.29 bits per heavy atom. The SMILES string of the molecule is OC1(O)CCCCC1.OCC=CCO. The molecular formula is C10H20O4. The lowest BCUT2D eigenvalue weighted by Gasteiger charge is -2.25. The zero-order valence-electron chi connectivity index (χ0n) is 8.39. The predicted octanol–water partition coefficient (Wildman–Crippen LogP) is 0.159. The van der Waals surface area contributed by atoms with Crippen LogP contribution in [-0.4, -0.2) is 39.4 Å². The van der Waals surface area contributed by atoms with E-state index in [1.807, 2.05) is 0 Å². The van der Waals surface area contributed by atoms with Crippen molar-refractivity contribution in [3.05, 3.63) is 12.2 Å². The summed E-state index contributed by atoms with van der Waals surface area (Å²) in [6.45, 7) is 0.0289. The predicted molar refractivity (Wildman–Crippen MR) is 53.6 cm³/mol. The summed E-state index contributed by atoms with van der Waals surface area (Å²) in [5, 5.41) is 33.9. The van der Waals surface area contributed by atoms with Gasteiger partial charge in [-0.15, -0.1) is 0 Å². The number of hydrogen-bond donors (Lipinski definition) is 4. The highest BCUT2D eigenvalue weighted by atomic mass is 16.5. The summed E-state index contributed by atoms with van der Waals surface area (Å²) in [6, 6.07) is 0. The molecule has 1 saturated carbocycles. The molecule has 14 heavy (non-hydrogen) atoms. The van der Waals surface area contributed by atoms with Gasteiger partial charge < -0.3 is 20.4 Å². The third-order valence-corrected chi connectivity index (χ3v) is 2.03. The third kappa shape index (κ3) is 8.19. The summed E-state index contributed by atoms with van der Waals surface area (Å²) < 4.78 is 0. The topological polar surface area (TPSA) is 80.9 Å². The van der Waals surface area contributed by atoms with Crippen LogP contribution in [-0.2, 0) is 0 Å². The normalized spacial score (nSPS) is 20.3. The molecular weight excluding hydrogens is 184 g/mol. The molecule has 0 radical (unpaired) electrons. The molecule has 4 nitrogen and oxygen atoms in total. The van der Waals surface area contributed by atoms with E-state index in [9.17, 15) is 0 Å². The largest absolute Gasteiger partial charge is 0.392 e. The second-order valence-electron chi connectivity index (χ2n) is 3.38. The zero-order chi connectivity index (χ0) is 10.9. The van der Waals surface area contributed by atoms with E-state index in [0.717, 1.165) is 19.3 Å². The van der Waals surface area contributed by atoms with E-state index >= 15 is 0 Å². The molecule has 1 aliphatic rings. The highest BCUT2D eigenvalue weighted by molar-refractivity contribution is 4.78. The molecule has 1 fully saturated rings. The Labute approximate surface area is 84.5 Å². The van der Waals surface area contributed by atoms with E-state index in [2.05, 4.69) is 0 Å². The first-order valence-corrected chi connectivity index (χ1v) is 4.94. The van der Waals surface area contributed by atoms with Gasteiger partial charge >= 0.3 is 0 Å². The number of aliphatic hydroxyl groups excluding tert-OH is 2. The Balaban J connectivity index is 0.000000255. The molecule has 0 amide bonds. The third-order valence-electron chi connectivity index (χ3n) is 2.03. The van der Waals surface area contributed by atoms with Crippen LogP contribution in [0.1, 0.15) is 32.1 Å². The fraction of sp³-hybridized carbons (Fsp3) is 0.800. The molecule has 0 spiro atoms. The van der Waals surface area contributed by atoms with Crippen LogP contribution in [0.4, 0.5) is 0 Å². The van der Waals surface area contributed by atoms with Crippen LogP contribution in [0, 0.1) is 0 Å². The van der Waals surface area contributed by atoms with Gasteiger partial charge in [-0.25, -0.2) is 0 Å². The molecule has 0 aromatic heterocycles. The fourth-order valence-electron chi connectivity index (χ4n) is 1.27. The van der Waals surface area contributed by atoms with Crippen molar-refractivity contribution in [2.24, 2.45) is 0 Å². The molecule has 0 heterocycles. The maximum Gasteiger partial charge on any atom is 0.162 e. The zero-order valence-corrected chi connectivity index (χ0v) is 8.39. The minimum Gasteiger partial charge on any atom is -0.392 e. The number of aliphatic hydroxyl groups is 4. The highest BCUT2D eigenvalue weighted by Gasteiger charge is 2.24. The molecule has 1 aliphatic carbocycles. The molecule has 0 unspecified atom stereocenters. The minimum absolute atomic E-state index is 0.0144. The van der Waals surface area contributed by atoms with Crippen LogP contribution in [0.2, 0.25) is 0 Å². The van der Waals surface area contributed by atoms with Crippen LogP contribution in [0.5, 0.6) is 0 Å². The molecule has 0 aromatic rings. The van der Waals surface area contributed by atoms with Crippen molar-refractivity contribution in [2.45, 2.75) is 37.9 Å². The smallest absolute Gasteiger partial charge is 0.162 e. The number of hydrogen-bond acceptors (Lipinski definition) is 4. The van der Waals surface area contributed by atoms with Crippen molar-refractivity contribution >= 4 is 0 Å². The maximum atomic E-state index is 8.93. The average Bonchev–Trinajstić information content (AvgIpc) is 2.15. The second kappa shape index (κ2) is 7.94. The van der Waals surface area contributed by atoms with Crippen LogP contribution in [0.25, 0.3) is 0 Å². The van der Waals surface area contributed by atoms with Crippen LogP contribution in [0.3, 0.4) is 0 Å². The van der Waals surface area contributed by atoms with Crippen molar-refractivity contribution in [1.82, 2.24) is 0 Å². The molecule has 1 rings (SSSR count). The number of rotatable bonds is 2. The quantitative estimate of drug-likeness (QED) is 0.381. The van der Waals surface area contributed by atoms with Gasteiger partial charge in [0.1, 0.15) is 0 Å². The van der Waals surface area contributed by atoms with Gasteiger partial charge in [0.15, 0.2) is 5.79 Å². The van der Waals surface area contributed by atoms with Crippen LogP contribution >= 0.6 is 0 Å². The van der Waals surface area contributed by atoms with Gasteiger partial charge in [-0.2, -0.15) is 0 Å². The highest BCUT2D eigenvalue weighted by Crippen LogP contribution is 2.24. The van der Waals surface area contributed by atoms with Gasteiger partial charge in [-0.1, -0.05) is 18.6 Å². The van der Waals surface area contributed by atoms with E-state index in [-0.39, 0.29) is 13.2 Å². The van der Waals surface area contributed by atoms with Gasteiger partial charge in [-0.05, 0) is 12.8 Å². The lowest BCUT2D eigenvalue weighted by atomic mass is 9.95. The molecule has 0 aliphatic heterocycles. The van der Waals surface area contributed by atoms with Gasteiger partial charge in [0, 0.05) is 12.8 Å². The Kier molecular flexibility index (Phi) is 7.70. The first-order chi connectivity index (χ1) is 6.62. The van der Waals surface area contributed by atoms with Crippen molar-refractivity contribution in [3.63, 3.8) is 0 Å². The van der Waals surface area contributed by atoms with Crippen LogP contribution in [0.15, 0.2) is 12.2 Å². The second-order valence-corrected chi connectivity index (χ2v) is 3.38.